The molecule has 27 heavy (non-hydrogen) atoms. The zero-order valence-corrected chi connectivity index (χ0v) is 16.4. The van der Waals surface area contributed by atoms with Gasteiger partial charge in [-0.05, 0) is 41.9 Å². The van der Waals surface area contributed by atoms with Crippen LogP contribution < -0.4 is 25.6 Å². The Balaban J connectivity index is 1.81. The number of methoxy groups -OCH3 is 2. The van der Waals surface area contributed by atoms with Gasteiger partial charge in [-0.15, -0.1) is 11.3 Å². The van der Waals surface area contributed by atoms with Crippen LogP contribution in [0.3, 0.4) is 0 Å². The maximum atomic E-state index is 11.9. The standard InChI is InChI=1S/C18H19N3O4S2/c1-24-13-7-5-12(15(10-13)25-2)6-8-16(22)19-18(26)21-20-17(23)11-14-4-3-9-27-14/h3-10H,11H2,1-2H3,(H,20,23)(H2,19,21,22,26)/b8-6+. The minimum absolute atomic E-state index is 0.00845. The van der Waals surface area contributed by atoms with E-state index in [0.29, 0.717) is 17.1 Å². The molecule has 0 atom stereocenters. The van der Waals surface area contributed by atoms with E-state index in [1.807, 2.05) is 17.5 Å². The van der Waals surface area contributed by atoms with E-state index in [1.165, 1.54) is 24.5 Å². The number of ether oxygens (including phenoxy) is 2. The van der Waals surface area contributed by atoms with Crippen LogP contribution in [0.25, 0.3) is 6.08 Å². The number of hydrogen-bond donors (Lipinski definition) is 3. The molecule has 142 valence electrons. The lowest BCUT2D eigenvalue weighted by Gasteiger charge is -2.09. The average Bonchev–Trinajstić information content (AvgIpc) is 3.17. The molecule has 0 aliphatic carbocycles. The smallest absolute Gasteiger partial charge is 0.250 e. The van der Waals surface area contributed by atoms with Gasteiger partial charge in [0.2, 0.25) is 11.8 Å². The molecule has 0 aliphatic rings. The van der Waals surface area contributed by atoms with Crippen molar-refractivity contribution < 1.29 is 19.1 Å². The summed E-state index contributed by atoms with van der Waals surface area (Å²) in [6, 6.07) is 8.98. The largest absolute Gasteiger partial charge is 0.497 e. The van der Waals surface area contributed by atoms with Crippen molar-refractivity contribution in [1.82, 2.24) is 16.2 Å². The van der Waals surface area contributed by atoms with Crippen LogP contribution in [0.2, 0.25) is 0 Å². The summed E-state index contributed by atoms with van der Waals surface area (Å²) in [6.45, 7) is 0. The molecule has 0 fully saturated rings. The van der Waals surface area contributed by atoms with Crippen molar-refractivity contribution in [2.75, 3.05) is 14.2 Å². The molecule has 3 N–H and O–H groups in total. The number of rotatable bonds is 6. The Kier molecular flexibility index (Phi) is 7.78. The molecule has 0 unspecified atom stereocenters. The van der Waals surface area contributed by atoms with Crippen LogP contribution in [0, 0.1) is 0 Å². The molecule has 0 bridgehead atoms. The monoisotopic (exact) mass is 405 g/mol. The van der Waals surface area contributed by atoms with Crippen LogP contribution >= 0.6 is 23.6 Å². The Labute approximate surface area is 166 Å². The molecule has 2 rings (SSSR count). The molecule has 1 heterocycles. The Hall–Kier alpha value is -2.91. The highest BCUT2D eigenvalue weighted by molar-refractivity contribution is 7.80. The van der Waals surface area contributed by atoms with Gasteiger partial charge in [-0.2, -0.15) is 0 Å². The number of carbonyl (C=O) groups excluding carboxylic acids is 2. The number of thiocarbonyl (C=S) groups is 1. The van der Waals surface area contributed by atoms with Gasteiger partial charge in [-0.3, -0.25) is 25.8 Å². The zero-order chi connectivity index (χ0) is 19.6. The lowest BCUT2D eigenvalue weighted by atomic mass is 10.1. The normalized spacial score (nSPS) is 10.3. The van der Waals surface area contributed by atoms with Crippen LogP contribution in [0.15, 0.2) is 41.8 Å². The van der Waals surface area contributed by atoms with Crippen molar-refractivity contribution in [3.63, 3.8) is 0 Å². The third-order valence-electron chi connectivity index (χ3n) is 3.32. The highest BCUT2D eigenvalue weighted by Crippen LogP contribution is 2.25. The molecule has 1 aromatic carbocycles. The van der Waals surface area contributed by atoms with Crippen molar-refractivity contribution in [2.45, 2.75) is 6.42 Å². The average molecular weight is 406 g/mol. The van der Waals surface area contributed by atoms with E-state index in [2.05, 4.69) is 16.2 Å². The van der Waals surface area contributed by atoms with E-state index < -0.39 is 5.91 Å². The van der Waals surface area contributed by atoms with E-state index in [4.69, 9.17) is 21.7 Å². The first-order valence-electron chi connectivity index (χ1n) is 7.84. The Morgan fingerprint density at radius 1 is 1.19 bits per heavy atom. The van der Waals surface area contributed by atoms with Gasteiger partial charge in [0, 0.05) is 22.6 Å². The fourth-order valence-electron chi connectivity index (χ4n) is 2.05. The summed E-state index contributed by atoms with van der Waals surface area (Å²) in [5, 5.41) is 4.33. The van der Waals surface area contributed by atoms with Crippen molar-refractivity contribution >= 4 is 46.6 Å². The summed E-state index contributed by atoms with van der Waals surface area (Å²) in [5.41, 5.74) is 5.63. The van der Waals surface area contributed by atoms with Gasteiger partial charge in [-0.25, -0.2) is 0 Å². The van der Waals surface area contributed by atoms with Gasteiger partial charge < -0.3 is 9.47 Å². The van der Waals surface area contributed by atoms with Crippen molar-refractivity contribution in [3.8, 4) is 11.5 Å². The van der Waals surface area contributed by atoms with Gasteiger partial charge in [0.05, 0.1) is 20.6 Å². The van der Waals surface area contributed by atoms with Gasteiger partial charge in [0.25, 0.3) is 0 Å². The summed E-state index contributed by atoms with van der Waals surface area (Å²) >= 11 is 6.47. The fraction of sp³-hybridized carbons (Fsp3) is 0.167. The lowest BCUT2D eigenvalue weighted by Crippen LogP contribution is -2.48. The second kappa shape index (κ2) is 10.3. The zero-order valence-electron chi connectivity index (χ0n) is 14.8. The highest BCUT2D eigenvalue weighted by Gasteiger charge is 2.07. The number of benzene rings is 1. The van der Waals surface area contributed by atoms with Gasteiger partial charge >= 0.3 is 0 Å². The van der Waals surface area contributed by atoms with Crippen molar-refractivity contribution in [2.24, 2.45) is 0 Å². The quantitative estimate of drug-likeness (QED) is 0.387. The van der Waals surface area contributed by atoms with E-state index in [9.17, 15) is 9.59 Å². The molecule has 1 aromatic heterocycles. The van der Waals surface area contributed by atoms with Gasteiger partial charge in [-0.1, -0.05) is 6.07 Å². The number of carbonyl (C=O) groups is 2. The summed E-state index contributed by atoms with van der Waals surface area (Å²) in [7, 11) is 3.09. The number of nitrogens with one attached hydrogen (secondary N) is 3. The van der Waals surface area contributed by atoms with Crippen LogP contribution in [0.4, 0.5) is 0 Å². The molecule has 2 amide bonds. The third-order valence-corrected chi connectivity index (χ3v) is 4.40. The van der Waals surface area contributed by atoms with E-state index in [1.54, 1.807) is 31.4 Å². The maximum absolute atomic E-state index is 11.9. The highest BCUT2D eigenvalue weighted by atomic mass is 32.1. The number of hydrazine groups is 1. The first-order valence-corrected chi connectivity index (χ1v) is 9.13. The molecule has 0 aliphatic heterocycles. The summed E-state index contributed by atoms with van der Waals surface area (Å²) < 4.78 is 10.4. The minimum Gasteiger partial charge on any atom is -0.497 e. The van der Waals surface area contributed by atoms with Gasteiger partial charge in [0.1, 0.15) is 11.5 Å². The molecule has 0 radical (unpaired) electrons. The van der Waals surface area contributed by atoms with Crippen molar-refractivity contribution in [1.29, 1.82) is 0 Å². The molecule has 9 heteroatoms. The van der Waals surface area contributed by atoms with Crippen LogP contribution in [-0.4, -0.2) is 31.1 Å². The lowest BCUT2D eigenvalue weighted by molar-refractivity contribution is -0.121. The molecule has 0 saturated heterocycles. The second-order valence-electron chi connectivity index (χ2n) is 5.19. The topological polar surface area (TPSA) is 88.7 Å². The van der Waals surface area contributed by atoms with Crippen LogP contribution in [0.1, 0.15) is 10.4 Å². The van der Waals surface area contributed by atoms with Crippen LogP contribution in [-0.2, 0) is 16.0 Å². The molecule has 0 saturated carbocycles. The van der Waals surface area contributed by atoms with Crippen LogP contribution in [0.5, 0.6) is 11.5 Å². The summed E-state index contributed by atoms with van der Waals surface area (Å²) in [5.74, 6) is 0.516. The number of amides is 2. The molecule has 2 aromatic rings. The Morgan fingerprint density at radius 2 is 2.00 bits per heavy atom. The first kappa shape index (κ1) is 20.4. The minimum atomic E-state index is -0.446. The SMILES string of the molecule is COc1ccc(/C=C/C(=O)NC(=S)NNC(=O)Cc2cccs2)c(OC)c1. The second-order valence-corrected chi connectivity index (χ2v) is 6.63. The summed E-state index contributed by atoms with van der Waals surface area (Å²) in [4.78, 5) is 24.6. The predicted molar refractivity (Wildman–Crippen MR) is 109 cm³/mol. The van der Waals surface area contributed by atoms with Gasteiger partial charge in [0.15, 0.2) is 5.11 Å². The molecular formula is C18H19N3O4S2. The molecule has 7 nitrogen and oxygen atoms in total. The predicted octanol–water partition coefficient (Wildman–Crippen LogP) is 2.04. The van der Waals surface area contributed by atoms with E-state index in [0.717, 1.165) is 4.88 Å². The van der Waals surface area contributed by atoms with E-state index >= 15 is 0 Å². The first-order chi connectivity index (χ1) is 13.0. The third kappa shape index (κ3) is 6.72. The van der Waals surface area contributed by atoms with E-state index in [-0.39, 0.29) is 17.4 Å². The Bertz CT molecular complexity index is 835. The molecule has 0 spiro atoms. The fourth-order valence-corrected chi connectivity index (χ4v) is 2.90. The Morgan fingerprint density at radius 3 is 2.67 bits per heavy atom. The maximum Gasteiger partial charge on any atom is 0.250 e. The summed E-state index contributed by atoms with van der Waals surface area (Å²) in [6.07, 6.45) is 3.13. The number of hydrogen-bond acceptors (Lipinski definition) is 6. The van der Waals surface area contributed by atoms with Crippen molar-refractivity contribution in [3.05, 3.63) is 52.2 Å². The molecular weight excluding hydrogens is 386 g/mol. The number of thiophene rings is 1.